The zero-order valence-corrected chi connectivity index (χ0v) is 20.0. The van der Waals surface area contributed by atoms with E-state index in [-0.39, 0.29) is 23.4 Å². The summed E-state index contributed by atoms with van der Waals surface area (Å²) in [7, 11) is -3.30. The number of anilines is 1. The SMILES string of the molecule is CS(=O)(=O)c1ccc(-n2nnnc2COC(=O)[C@@H]2CCCN(c3nc4ccccc4s3)C2)cc1. The number of thiazole rings is 1. The van der Waals surface area contributed by atoms with E-state index in [0.29, 0.717) is 18.1 Å². The van der Waals surface area contributed by atoms with Crippen LogP contribution in [0.25, 0.3) is 15.9 Å². The molecule has 10 nitrogen and oxygen atoms in total. The Morgan fingerprint density at radius 3 is 2.74 bits per heavy atom. The molecule has 3 heterocycles. The van der Waals surface area contributed by atoms with Gasteiger partial charge in [-0.1, -0.05) is 23.5 Å². The molecule has 176 valence electrons. The quantitative estimate of drug-likeness (QED) is 0.369. The summed E-state index contributed by atoms with van der Waals surface area (Å²) in [5.41, 5.74) is 1.53. The fraction of sp³-hybridized carbons (Fsp3) is 0.318. The maximum Gasteiger partial charge on any atom is 0.311 e. The largest absolute Gasteiger partial charge is 0.457 e. The van der Waals surface area contributed by atoms with E-state index >= 15 is 0 Å². The maximum absolute atomic E-state index is 12.8. The van der Waals surface area contributed by atoms with Crippen molar-refractivity contribution in [3.8, 4) is 5.69 Å². The lowest BCUT2D eigenvalue weighted by atomic mass is 9.99. The van der Waals surface area contributed by atoms with Crippen LogP contribution in [0.1, 0.15) is 18.7 Å². The van der Waals surface area contributed by atoms with Crippen molar-refractivity contribution in [1.82, 2.24) is 25.2 Å². The molecule has 0 bridgehead atoms. The lowest BCUT2D eigenvalue weighted by molar-refractivity contribution is -0.150. The number of carbonyl (C=O) groups excluding carboxylic acids is 1. The Morgan fingerprint density at radius 1 is 1.18 bits per heavy atom. The van der Waals surface area contributed by atoms with Gasteiger partial charge in [-0.3, -0.25) is 4.79 Å². The number of esters is 1. The number of para-hydroxylation sites is 1. The molecule has 0 N–H and O–H groups in total. The van der Waals surface area contributed by atoms with Gasteiger partial charge in [0.05, 0.1) is 26.7 Å². The van der Waals surface area contributed by atoms with Gasteiger partial charge in [-0.25, -0.2) is 13.4 Å². The average Bonchev–Trinajstić information content (AvgIpc) is 3.49. The molecular formula is C22H22N6O4S2. The van der Waals surface area contributed by atoms with Gasteiger partial charge in [0.15, 0.2) is 27.4 Å². The lowest BCUT2D eigenvalue weighted by Crippen LogP contribution is -2.39. The van der Waals surface area contributed by atoms with E-state index in [0.717, 1.165) is 41.0 Å². The van der Waals surface area contributed by atoms with Crippen molar-refractivity contribution in [2.24, 2.45) is 5.92 Å². The molecule has 0 spiro atoms. The Hall–Kier alpha value is -3.38. The molecule has 2 aromatic heterocycles. The summed E-state index contributed by atoms with van der Waals surface area (Å²) in [5, 5.41) is 12.5. The van der Waals surface area contributed by atoms with E-state index in [2.05, 4.69) is 20.4 Å². The minimum atomic E-state index is -3.30. The number of benzene rings is 2. The predicted octanol–water partition coefficient (Wildman–Crippen LogP) is 2.64. The molecule has 4 aromatic rings. The monoisotopic (exact) mass is 498 g/mol. The van der Waals surface area contributed by atoms with Crippen LogP contribution < -0.4 is 4.90 Å². The molecular weight excluding hydrogens is 476 g/mol. The van der Waals surface area contributed by atoms with E-state index < -0.39 is 9.84 Å². The summed E-state index contributed by atoms with van der Waals surface area (Å²) in [6.45, 7) is 1.32. The minimum Gasteiger partial charge on any atom is -0.457 e. The van der Waals surface area contributed by atoms with Crippen LogP contribution in [0.2, 0.25) is 0 Å². The summed E-state index contributed by atoms with van der Waals surface area (Å²) in [6, 6.07) is 14.2. The summed E-state index contributed by atoms with van der Waals surface area (Å²) in [6.07, 6.45) is 2.77. The maximum atomic E-state index is 12.8. The Kier molecular flexibility index (Phi) is 6.00. The number of sulfone groups is 1. The molecule has 1 aliphatic rings. The number of carbonyl (C=O) groups is 1. The average molecular weight is 499 g/mol. The Labute approximate surface area is 200 Å². The standard InChI is InChI=1S/C22H22N6O4S2/c1-34(30,31)17-10-8-16(9-11-17)28-20(24-25-26-28)14-32-21(29)15-5-4-12-27(13-15)22-23-18-6-2-3-7-19(18)33-22/h2-3,6-11,15H,4-5,12-14H2,1H3/t15-/m1/s1. The number of nitrogens with zero attached hydrogens (tertiary/aromatic N) is 6. The van der Waals surface area contributed by atoms with Crippen molar-refractivity contribution in [3.63, 3.8) is 0 Å². The molecule has 0 unspecified atom stereocenters. The van der Waals surface area contributed by atoms with Gasteiger partial charge in [-0.05, 0) is 59.7 Å². The molecule has 0 saturated carbocycles. The topological polar surface area (TPSA) is 120 Å². The van der Waals surface area contributed by atoms with Gasteiger partial charge in [-0.15, -0.1) is 5.10 Å². The van der Waals surface area contributed by atoms with Gasteiger partial charge in [0, 0.05) is 19.3 Å². The van der Waals surface area contributed by atoms with Crippen molar-refractivity contribution in [3.05, 3.63) is 54.4 Å². The summed E-state index contributed by atoms with van der Waals surface area (Å²) >= 11 is 1.63. The second kappa shape index (κ2) is 9.11. The predicted molar refractivity (Wildman–Crippen MR) is 127 cm³/mol. The van der Waals surface area contributed by atoms with E-state index in [1.54, 1.807) is 23.5 Å². The molecule has 1 fully saturated rings. The third-order valence-corrected chi connectivity index (χ3v) is 7.92. The highest BCUT2D eigenvalue weighted by molar-refractivity contribution is 7.90. The molecule has 0 radical (unpaired) electrons. The highest BCUT2D eigenvalue weighted by Crippen LogP contribution is 2.31. The van der Waals surface area contributed by atoms with Gasteiger partial charge >= 0.3 is 5.97 Å². The van der Waals surface area contributed by atoms with Crippen LogP contribution in [0.3, 0.4) is 0 Å². The van der Waals surface area contributed by atoms with Crippen molar-refractivity contribution in [1.29, 1.82) is 0 Å². The van der Waals surface area contributed by atoms with Crippen molar-refractivity contribution in [2.45, 2.75) is 24.3 Å². The van der Waals surface area contributed by atoms with Crippen LogP contribution in [-0.2, 0) is 26.0 Å². The normalized spacial score (nSPS) is 16.6. The number of rotatable bonds is 6. The number of aromatic nitrogens is 5. The van der Waals surface area contributed by atoms with Gasteiger partial charge in [0.2, 0.25) is 0 Å². The second-order valence-electron chi connectivity index (χ2n) is 8.13. The number of ether oxygens (including phenoxy) is 1. The van der Waals surface area contributed by atoms with Crippen LogP contribution in [0, 0.1) is 5.92 Å². The fourth-order valence-electron chi connectivity index (χ4n) is 3.92. The lowest BCUT2D eigenvalue weighted by Gasteiger charge is -2.31. The molecule has 34 heavy (non-hydrogen) atoms. The van der Waals surface area contributed by atoms with Gasteiger partial charge in [0.25, 0.3) is 0 Å². The zero-order valence-electron chi connectivity index (χ0n) is 18.4. The third-order valence-electron chi connectivity index (χ3n) is 5.69. The minimum absolute atomic E-state index is 0.0860. The zero-order chi connectivity index (χ0) is 23.7. The third kappa shape index (κ3) is 4.64. The molecule has 5 rings (SSSR count). The van der Waals surface area contributed by atoms with Crippen LogP contribution >= 0.6 is 11.3 Å². The summed E-state index contributed by atoms with van der Waals surface area (Å²) in [4.78, 5) is 19.9. The van der Waals surface area contributed by atoms with Crippen LogP contribution in [0.15, 0.2) is 53.4 Å². The van der Waals surface area contributed by atoms with Crippen molar-refractivity contribution >= 4 is 42.5 Å². The highest BCUT2D eigenvalue weighted by atomic mass is 32.2. The smallest absolute Gasteiger partial charge is 0.311 e. The Morgan fingerprint density at radius 2 is 1.97 bits per heavy atom. The van der Waals surface area contributed by atoms with E-state index in [1.165, 1.54) is 16.8 Å². The Balaban J connectivity index is 1.24. The molecule has 0 amide bonds. The van der Waals surface area contributed by atoms with Crippen LogP contribution in [-0.4, -0.2) is 58.9 Å². The number of tetrazole rings is 1. The highest BCUT2D eigenvalue weighted by Gasteiger charge is 2.29. The van der Waals surface area contributed by atoms with Crippen LogP contribution in [0.5, 0.6) is 0 Å². The molecule has 12 heteroatoms. The number of hydrogen-bond donors (Lipinski definition) is 0. The molecule has 1 saturated heterocycles. The fourth-order valence-corrected chi connectivity index (χ4v) is 5.55. The number of hydrogen-bond acceptors (Lipinski definition) is 10. The summed E-state index contributed by atoms with van der Waals surface area (Å²) < 4.78 is 31.5. The van der Waals surface area contributed by atoms with Gasteiger partial charge in [0.1, 0.15) is 0 Å². The molecule has 0 aliphatic carbocycles. The van der Waals surface area contributed by atoms with Crippen molar-refractivity contribution < 1.29 is 17.9 Å². The van der Waals surface area contributed by atoms with Crippen molar-refractivity contribution in [2.75, 3.05) is 24.2 Å². The second-order valence-corrected chi connectivity index (χ2v) is 11.2. The summed E-state index contributed by atoms with van der Waals surface area (Å²) in [5.74, 6) is -0.216. The molecule has 1 atom stereocenters. The van der Waals surface area contributed by atoms with Gasteiger partial charge in [-0.2, -0.15) is 4.68 Å². The number of fused-ring (bicyclic) bond motifs is 1. The first-order chi connectivity index (χ1) is 16.4. The Bertz CT molecular complexity index is 1400. The number of piperidine rings is 1. The van der Waals surface area contributed by atoms with E-state index in [4.69, 9.17) is 9.72 Å². The first kappa shape index (κ1) is 22.4. The first-order valence-electron chi connectivity index (χ1n) is 10.7. The van der Waals surface area contributed by atoms with Gasteiger partial charge < -0.3 is 9.64 Å². The van der Waals surface area contributed by atoms with Crippen LogP contribution in [0.4, 0.5) is 5.13 Å². The molecule has 1 aliphatic heterocycles. The van der Waals surface area contributed by atoms with E-state index in [1.807, 2.05) is 24.3 Å². The molecule has 2 aromatic carbocycles. The first-order valence-corrected chi connectivity index (χ1v) is 13.4. The van der Waals surface area contributed by atoms with E-state index in [9.17, 15) is 13.2 Å².